The predicted octanol–water partition coefficient (Wildman–Crippen LogP) is 3.37. The molecule has 2 rings (SSSR count). The van der Waals surface area contributed by atoms with Crippen LogP contribution in [0, 0.1) is 24.2 Å². The number of rotatable bonds is 5. The first-order chi connectivity index (χ1) is 9.17. The van der Waals surface area contributed by atoms with Gasteiger partial charge in [0, 0.05) is 11.3 Å². The van der Waals surface area contributed by atoms with Crippen molar-refractivity contribution in [3.05, 3.63) is 41.5 Å². The van der Waals surface area contributed by atoms with E-state index in [0.29, 0.717) is 23.9 Å². The van der Waals surface area contributed by atoms with Gasteiger partial charge in [-0.15, -0.1) is 11.8 Å². The van der Waals surface area contributed by atoms with Gasteiger partial charge in [0.2, 0.25) is 5.89 Å². The van der Waals surface area contributed by atoms with Crippen LogP contribution in [-0.4, -0.2) is 10.1 Å². The molecule has 2 aromatic rings. The quantitative estimate of drug-likeness (QED) is 0.781. The zero-order valence-electron chi connectivity index (χ0n) is 11.0. The molecule has 5 heteroatoms. The lowest BCUT2D eigenvalue weighted by molar-refractivity contribution is 0.366. The van der Waals surface area contributed by atoms with E-state index in [0.717, 1.165) is 0 Å². The molecular formula is C14H15N3OS. The summed E-state index contributed by atoms with van der Waals surface area (Å²) in [5.74, 6) is 1.78. The summed E-state index contributed by atoms with van der Waals surface area (Å²) in [7, 11) is 0. The molecule has 0 aliphatic heterocycles. The third kappa shape index (κ3) is 4.11. The molecule has 0 saturated heterocycles. The van der Waals surface area contributed by atoms with E-state index in [4.69, 9.17) is 9.78 Å². The molecule has 0 bridgehead atoms. The van der Waals surface area contributed by atoms with Crippen molar-refractivity contribution in [1.82, 2.24) is 10.1 Å². The summed E-state index contributed by atoms with van der Waals surface area (Å²) >= 11 is 1.67. The molecule has 4 nitrogen and oxygen atoms in total. The Morgan fingerprint density at radius 3 is 2.79 bits per heavy atom. The van der Waals surface area contributed by atoms with Gasteiger partial charge >= 0.3 is 0 Å². The summed E-state index contributed by atoms with van der Waals surface area (Å²) in [6.45, 7) is 3.90. The second kappa shape index (κ2) is 6.39. The Hall–Kier alpha value is -1.80. The Morgan fingerprint density at radius 1 is 1.37 bits per heavy atom. The van der Waals surface area contributed by atoms with Crippen LogP contribution in [0.2, 0.25) is 0 Å². The van der Waals surface area contributed by atoms with Gasteiger partial charge in [-0.25, -0.2) is 0 Å². The minimum atomic E-state index is -0.0990. The number of hydrogen-bond donors (Lipinski definition) is 0. The zero-order chi connectivity index (χ0) is 13.7. The molecule has 0 radical (unpaired) electrons. The number of thioether (sulfide) groups is 1. The molecule has 0 aliphatic carbocycles. The molecule has 0 N–H and O–H groups in total. The first-order valence-corrected chi connectivity index (χ1v) is 7.06. The van der Waals surface area contributed by atoms with Crippen LogP contribution in [0.15, 0.2) is 33.7 Å². The van der Waals surface area contributed by atoms with Crippen LogP contribution >= 0.6 is 11.8 Å². The van der Waals surface area contributed by atoms with Gasteiger partial charge in [-0.05, 0) is 26.0 Å². The monoisotopic (exact) mass is 273 g/mol. The normalized spacial score (nSPS) is 12.1. The average molecular weight is 273 g/mol. The summed E-state index contributed by atoms with van der Waals surface area (Å²) in [6.07, 6.45) is 0.513. The van der Waals surface area contributed by atoms with Crippen LogP contribution in [0.25, 0.3) is 0 Å². The number of nitrogens with zero attached hydrogens (tertiary/aromatic N) is 3. The molecule has 1 aromatic carbocycles. The minimum absolute atomic E-state index is 0.0990. The number of hydrogen-bond acceptors (Lipinski definition) is 5. The summed E-state index contributed by atoms with van der Waals surface area (Å²) in [4.78, 5) is 5.46. The third-order valence-corrected chi connectivity index (χ3v) is 3.61. The van der Waals surface area contributed by atoms with Crippen LogP contribution < -0.4 is 0 Å². The van der Waals surface area contributed by atoms with Crippen LogP contribution in [0.1, 0.15) is 24.2 Å². The van der Waals surface area contributed by atoms with Crippen LogP contribution in [-0.2, 0) is 12.2 Å². The van der Waals surface area contributed by atoms with Crippen molar-refractivity contribution in [3.63, 3.8) is 0 Å². The van der Waals surface area contributed by atoms with E-state index in [2.05, 4.69) is 47.4 Å². The van der Waals surface area contributed by atoms with Gasteiger partial charge in [0.1, 0.15) is 0 Å². The average Bonchev–Trinajstić information content (AvgIpc) is 2.85. The molecule has 0 spiro atoms. The molecule has 1 aromatic heterocycles. The highest BCUT2D eigenvalue weighted by Gasteiger charge is 2.10. The molecular weight excluding hydrogens is 258 g/mol. The highest BCUT2D eigenvalue weighted by Crippen LogP contribution is 2.22. The van der Waals surface area contributed by atoms with E-state index in [1.54, 1.807) is 11.8 Å². The minimum Gasteiger partial charge on any atom is -0.339 e. The number of aryl methyl sites for hydroxylation is 1. The molecule has 19 heavy (non-hydrogen) atoms. The Balaban J connectivity index is 1.90. The van der Waals surface area contributed by atoms with Gasteiger partial charge in [0.15, 0.2) is 5.82 Å². The number of nitriles is 1. The fourth-order valence-corrected chi connectivity index (χ4v) is 2.26. The van der Waals surface area contributed by atoms with Gasteiger partial charge < -0.3 is 4.52 Å². The molecule has 0 saturated carbocycles. The fraction of sp³-hybridized carbons (Fsp3) is 0.357. The molecule has 0 fully saturated rings. The number of benzene rings is 1. The Morgan fingerprint density at radius 2 is 2.11 bits per heavy atom. The fourth-order valence-electron chi connectivity index (χ4n) is 1.52. The molecule has 98 valence electrons. The Bertz CT molecular complexity index is 571. The lowest BCUT2D eigenvalue weighted by Crippen LogP contribution is -1.96. The second-order valence-corrected chi connectivity index (χ2v) is 5.49. The first-order valence-electron chi connectivity index (χ1n) is 6.08. The Labute approximate surface area is 116 Å². The lowest BCUT2D eigenvalue weighted by atomic mass is 10.1. The maximum Gasteiger partial charge on any atom is 0.227 e. The first kappa shape index (κ1) is 13.6. The van der Waals surface area contributed by atoms with Crippen molar-refractivity contribution in [2.45, 2.75) is 30.9 Å². The highest BCUT2D eigenvalue weighted by atomic mass is 32.2. The highest BCUT2D eigenvalue weighted by molar-refractivity contribution is 7.98. The van der Waals surface area contributed by atoms with E-state index in [9.17, 15) is 0 Å². The van der Waals surface area contributed by atoms with Crippen LogP contribution in [0.3, 0.4) is 0 Å². The molecule has 0 amide bonds. The zero-order valence-corrected chi connectivity index (χ0v) is 11.8. The molecule has 1 atom stereocenters. The van der Waals surface area contributed by atoms with E-state index in [1.165, 1.54) is 10.5 Å². The van der Waals surface area contributed by atoms with Crippen LogP contribution in [0.5, 0.6) is 0 Å². The molecule has 1 heterocycles. The van der Waals surface area contributed by atoms with Gasteiger partial charge in [0.05, 0.1) is 17.7 Å². The topological polar surface area (TPSA) is 62.7 Å². The standard InChI is InChI=1S/C14H15N3OS/c1-10-3-5-12(6-4-10)19-9-13-16-14(18-17-13)7-11(2)8-15/h3-6,11H,7,9H2,1-2H3. The van der Waals surface area contributed by atoms with E-state index in [-0.39, 0.29) is 5.92 Å². The van der Waals surface area contributed by atoms with E-state index in [1.807, 2.05) is 6.92 Å². The van der Waals surface area contributed by atoms with Gasteiger partial charge in [-0.3, -0.25) is 0 Å². The maximum atomic E-state index is 8.73. The predicted molar refractivity (Wildman–Crippen MR) is 73.5 cm³/mol. The third-order valence-electron chi connectivity index (χ3n) is 2.60. The van der Waals surface area contributed by atoms with Gasteiger partial charge in [-0.2, -0.15) is 10.2 Å². The smallest absolute Gasteiger partial charge is 0.227 e. The van der Waals surface area contributed by atoms with Crippen molar-refractivity contribution in [1.29, 1.82) is 5.26 Å². The summed E-state index contributed by atoms with van der Waals surface area (Å²) in [6, 6.07) is 10.5. The largest absolute Gasteiger partial charge is 0.339 e. The lowest BCUT2D eigenvalue weighted by Gasteiger charge is -1.98. The van der Waals surface area contributed by atoms with Crippen molar-refractivity contribution in [2.75, 3.05) is 0 Å². The van der Waals surface area contributed by atoms with Crippen molar-refractivity contribution in [2.24, 2.45) is 5.92 Å². The molecule has 1 unspecified atom stereocenters. The summed E-state index contributed by atoms with van der Waals surface area (Å²) < 4.78 is 5.12. The number of aromatic nitrogens is 2. The van der Waals surface area contributed by atoms with Crippen molar-refractivity contribution < 1.29 is 4.52 Å². The van der Waals surface area contributed by atoms with Gasteiger partial charge in [0.25, 0.3) is 0 Å². The van der Waals surface area contributed by atoms with Crippen molar-refractivity contribution in [3.8, 4) is 6.07 Å². The Kier molecular flexibility index (Phi) is 4.58. The van der Waals surface area contributed by atoms with Gasteiger partial charge in [-0.1, -0.05) is 22.9 Å². The van der Waals surface area contributed by atoms with E-state index < -0.39 is 0 Å². The summed E-state index contributed by atoms with van der Waals surface area (Å²) in [5.41, 5.74) is 1.25. The summed E-state index contributed by atoms with van der Waals surface area (Å²) in [5, 5.41) is 12.7. The maximum absolute atomic E-state index is 8.73. The van der Waals surface area contributed by atoms with Crippen molar-refractivity contribution >= 4 is 11.8 Å². The molecule has 0 aliphatic rings. The van der Waals surface area contributed by atoms with E-state index >= 15 is 0 Å². The second-order valence-electron chi connectivity index (χ2n) is 4.44. The SMILES string of the molecule is Cc1ccc(SCc2noc(CC(C)C#N)n2)cc1. The van der Waals surface area contributed by atoms with Crippen LogP contribution in [0.4, 0.5) is 0 Å².